The van der Waals surface area contributed by atoms with Crippen molar-refractivity contribution in [3.8, 4) is 0 Å². The zero-order valence-corrected chi connectivity index (χ0v) is 14.7. The molecule has 22 heavy (non-hydrogen) atoms. The van der Waals surface area contributed by atoms with Crippen molar-refractivity contribution in [2.45, 2.75) is 45.3 Å². The molecule has 0 aromatic carbocycles. The van der Waals surface area contributed by atoms with Gasteiger partial charge in [0.25, 0.3) is 0 Å². The molecule has 0 radical (unpaired) electrons. The second-order valence-electron chi connectivity index (χ2n) is 6.71. The molecule has 4 rings (SSSR count). The Bertz CT molecular complexity index is 614. The maximum Gasteiger partial charge on any atom is 0.0897 e. The Kier molecular flexibility index (Phi) is 4.07. The first kappa shape index (κ1) is 14.8. The molecule has 5 heteroatoms. The zero-order valence-electron chi connectivity index (χ0n) is 13.0. The van der Waals surface area contributed by atoms with Gasteiger partial charge in [0.1, 0.15) is 0 Å². The van der Waals surface area contributed by atoms with Crippen molar-refractivity contribution in [2.24, 2.45) is 5.41 Å². The van der Waals surface area contributed by atoms with Crippen molar-refractivity contribution in [3.63, 3.8) is 0 Å². The third kappa shape index (κ3) is 3.00. The van der Waals surface area contributed by atoms with Crippen LogP contribution < -0.4 is 5.32 Å². The van der Waals surface area contributed by atoms with E-state index in [1.807, 2.05) is 11.3 Å². The molecule has 1 saturated heterocycles. The number of nitrogens with zero attached hydrogens (tertiary/aromatic N) is 2. The zero-order chi connectivity index (χ0) is 15.0. The predicted octanol–water partition coefficient (Wildman–Crippen LogP) is 3.66. The minimum atomic E-state index is 0.598. The molecule has 0 bridgehead atoms. The Hall–Kier alpha value is -0.750. The first-order valence-corrected chi connectivity index (χ1v) is 9.88. The highest BCUT2D eigenvalue weighted by Crippen LogP contribution is 2.56. The van der Waals surface area contributed by atoms with Crippen LogP contribution in [-0.4, -0.2) is 29.0 Å². The van der Waals surface area contributed by atoms with Crippen LogP contribution in [-0.2, 0) is 13.1 Å². The fraction of sp³-hybridized carbons (Fsp3) is 0.588. The normalized spacial score (nSPS) is 23.3. The van der Waals surface area contributed by atoms with E-state index in [1.165, 1.54) is 47.8 Å². The van der Waals surface area contributed by atoms with Gasteiger partial charge in [-0.3, -0.25) is 4.90 Å². The second-order valence-corrected chi connectivity index (χ2v) is 8.81. The fourth-order valence-corrected chi connectivity index (χ4v) is 5.36. The molecule has 2 aromatic heterocycles. The highest BCUT2D eigenvalue weighted by atomic mass is 32.1. The van der Waals surface area contributed by atoms with Crippen LogP contribution in [0.4, 0.5) is 0 Å². The van der Waals surface area contributed by atoms with Gasteiger partial charge in [-0.05, 0) is 67.1 Å². The number of thiazole rings is 1. The number of hydrogen-bond acceptors (Lipinski definition) is 5. The number of rotatable bonds is 5. The van der Waals surface area contributed by atoms with Crippen molar-refractivity contribution in [1.29, 1.82) is 0 Å². The minimum absolute atomic E-state index is 0.598. The maximum atomic E-state index is 4.43. The van der Waals surface area contributed by atoms with Crippen molar-refractivity contribution in [2.75, 3.05) is 13.1 Å². The molecule has 1 aliphatic carbocycles. The van der Waals surface area contributed by atoms with Gasteiger partial charge < -0.3 is 5.32 Å². The van der Waals surface area contributed by atoms with Gasteiger partial charge in [0.2, 0.25) is 0 Å². The van der Waals surface area contributed by atoms with E-state index in [-0.39, 0.29) is 0 Å². The van der Waals surface area contributed by atoms with Crippen LogP contribution in [0.15, 0.2) is 23.0 Å². The van der Waals surface area contributed by atoms with Crippen LogP contribution in [0.2, 0.25) is 0 Å². The van der Waals surface area contributed by atoms with E-state index in [1.54, 1.807) is 11.3 Å². The fourth-order valence-electron chi connectivity index (χ4n) is 3.88. The molecular weight excluding hydrogens is 310 g/mol. The van der Waals surface area contributed by atoms with Gasteiger partial charge in [-0.15, -0.1) is 11.3 Å². The lowest BCUT2D eigenvalue weighted by Gasteiger charge is -2.29. The second kappa shape index (κ2) is 6.04. The molecule has 0 amide bonds. The first-order chi connectivity index (χ1) is 10.8. The lowest BCUT2D eigenvalue weighted by Crippen LogP contribution is -2.35. The monoisotopic (exact) mass is 333 g/mol. The van der Waals surface area contributed by atoms with Crippen molar-refractivity contribution in [1.82, 2.24) is 15.2 Å². The summed E-state index contributed by atoms with van der Waals surface area (Å²) >= 11 is 3.65. The summed E-state index contributed by atoms with van der Waals surface area (Å²) in [6.07, 6.45) is 6.15. The average Bonchev–Trinajstić information content (AvgIpc) is 2.90. The molecule has 3 heterocycles. The van der Waals surface area contributed by atoms with Crippen molar-refractivity contribution < 1.29 is 0 Å². The van der Waals surface area contributed by atoms with E-state index in [0.717, 1.165) is 19.1 Å². The average molecular weight is 334 g/mol. The highest BCUT2D eigenvalue weighted by molar-refractivity contribution is 7.11. The summed E-state index contributed by atoms with van der Waals surface area (Å²) in [4.78, 5) is 8.55. The van der Waals surface area contributed by atoms with Gasteiger partial charge in [-0.1, -0.05) is 0 Å². The van der Waals surface area contributed by atoms with Gasteiger partial charge in [0.05, 0.1) is 5.01 Å². The number of nitrogens with one attached hydrogen (secondary N) is 1. The molecule has 1 aliphatic heterocycles. The smallest absolute Gasteiger partial charge is 0.0897 e. The van der Waals surface area contributed by atoms with Crippen LogP contribution in [0.5, 0.6) is 0 Å². The largest absolute Gasteiger partial charge is 0.317 e. The number of piperidine rings is 1. The van der Waals surface area contributed by atoms with Gasteiger partial charge in [0.15, 0.2) is 0 Å². The minimum Gasteiger partial charge on any atom is -0.317 e. The molecule has 1 atom stereocenters. The third-order valence-electron chi connectivity index (χ3n) is 5.18. The van der Waals surface area contributed by atoms with Crippen LogP contribution in [0.25, 0.3) is 0 Å². The lowest BCUT2D eigenvalue weighted by molar-refractivity contribution is 0.189. The van der Waals surface area contributed by atoms with Crippen LogP contribution in [0.1, 0.15) is 34.7 Å². The van der Waals surface area contributed by atoms with E-state index in [2.05, 4.69) is 45.1 Å². The predicted molar refractivity (Wildman–Crippen MR) is 93.4 cm³/mol. The summed E-state index contributed by atoms with van der Waals surface area (Å²) in [5, 5.41) is 9.18. The van der Waals surface area contributed by atoms with Crippen LogP contribution in [0, 0.1) is 12.3 Å². The molecule has 2 aliphatic rings. The summed E-state index contributed by atoms with van der Waals surface area (Å²) in [7, 11) is 0. The van der Waals surface area contributed by atoms with E-state index >= 15 is 0 Å². The molecule has 2 fully saturated rings. The summed E-state index contributed by atoms with van der Waals surface area (Å²) in [6.45, 7) is 6.63. The first-order valence-electron chi connectivity index (χ1n) is 8.12. The molecular formula is C17H23N3S2. The van der Waals surface area contributed by atoms with E-state index in [4.69, 9.17) is 0 Å². The molecule has 1 spiro atoms. The van der Waals surface area contributed by atoms with Crippen LogP contribution >= 0.6 is 22.7 Å². The molecule has 1 N–H and O–H groups in total. The summed E-state index contributed by atoms with van der Waals surface area (Å²) < 4.78 is 0. The summed E-state index contributed by atoms with van der Waals surface area (Å²) in [5.41, 5.74) is 2.06. The van der Waals surface area contributed by atoms with Gasteiger partial charge in [0, 0.05) is 30.2 Å². The van der Waals surface area contributed by atoms with E-state index in [0.29, 0.717) is 5.41 Å². The lowest BCUT2D eigenvalue weighted by atomic mass is 9.93. The van der Waals surface area contributed by atoms with Gasteiger partial charge in [-0.2, -0.15) is 11.3 Å². The molecule has 2 aromatic rings. The molecule has 1 saturated carbocycles. The number of aryl methyl sites for hydroxylation is 1. The van der Waals surface area contributed by atoms with Gasteiger partial charge in [-0.25, -0.2) is 4.98 Å². The number of aromatic nitrogens is 1. The topological polar surface area (TPSA) is 28.2 Å². The van der Waals surface area contributed by atoms with E-state index in [9.17, 15) is 0 Å². The Labute approximate surface area is 140 Å². The van der Waals surface area contributed by atoms with E-state index < -0.39 is 0 Å². The Morgan fingerprint density at radius 1 is 1.36 bits per heavy atom. The highest BCUT2D eigenvalue weighted by Gasteiger charge is 2.56. The number of thiophene rings is 1. The standard InChI is InChI=1S/C17H23N3S2/c1-13-19-9-15(22-13)11-20(10-14-2-7-21-12-14)16-8-17(16)3-5-18-6-4-17/h2,7,9,12,16,18H,3-6,8,10-11H2,1H3/t16-/m0/s1. The SMILES string of the molecule is Cc1ncc(CN(Cc2ccsc2)[C@H]2CC23CCNCC3)s1. The Balaban J connectivity index is 1.50. The van der Waals surface area contributed by atoms with Crippen molar-refractivity contribution >= 4 is 22.7 Å². The van der Waals surface area contributed by atoms with Gasteiger partial charge >= 0.3 is 0 Å². The van der Waals surface area contributed by atoms with Crippen LogP contribution in [0.3, 0.4) is 0 Å². The Morgan fingerprint density at radius 3 is 2.91 bits per heavy atom. The summed E-state index contributed by atoms with van der Waals surface area (Å²) in [5.74, 6) is 0. The molecule has 118 valence electrons. The number of hydrogen-bond donors (Lipinski definition) is 1. The van der Waals surface area contributed by atoms with Crippen molar-refractivity contribution in [3.05, 3.63) is 38.5 Å². The summed E-state index contributed by atoms with van der Waals surface area (Å²) in [6, 6.07) is 3.03. The maximum absolute atomic E-state index is 4.43. The quantitative estimate of drug-likeness (QED) is 0.905. The third-order valence-corrected chi connectivity index (χ3v) is 6.81. The Morgan fingerprint density at radius 2 is 2.23 bits per heavy atom. The molecule has 0 unspecified atom stereocenters. The molecule has 3 nitrogen and oxygen atoms in total.